The van der Waals surface area contributed by atoms with Crippen LogP contribution in [0.15, 0.2) is 30.6 Å². The Balaban J connectivity index is 2.22. The lowest BCUT2D eigenvalue weighted by Gasteiger charge is -1.96. The van der Waals surface area contributed by atoms with Crippen LogP contribution in [0.25, 0.3) is 22.2 Å². The molecule has 0 atom stereocenters. The van der Waals surface area contributed by atoms with Gasteiger partial charge < -0.3 is 0 Å². The predicted octanol–water partition coefficient (Wildman–Crippen LogP) is 1.26. The van der Waals surface area contributed by atoms with E-state index in [1.54, 1.807) is 12.4 Å². The van der Waals surface area contributed by atoms with E-state index in [1.807, 2.05) is 18.2 Å². The van der Waals surface area contributed by atoms with E-state index in [2.05, 4.69) is 26.6 Å². The minimum absolute atomic E-state index is 0.801. The van der Waals surface area contributed by atoms with E-state index in [0.717, 1.165) is 22.2 Å². The van der Waals surface area contributed by atoms with Crippen molar-refractivity contribution < 1.29 is 0 Å². The summed E-state index contributed by atoms with van der Waals surface area (Å²) in [6.07, 6.45) is 8.72. The fourth-order valence-corrected chi connectivity index (χ4v) is 1.64. The first-order valence-corrected chi connectivity index (χ1v) is 4.69. The summed E-state index contributed by atoms with van der Waals surface area (Å²) in [6, 6.07) is 8.32. The van der Waals surface area contributed by atoms with Crippen molar-refractivity contribution in [1.82, 2.24) is 25.2 Å². The van der Waals surface area contributed by atoms with E-state index in [-0.39, 0.29) is 0 Å². The van der Waals surface area contributed by atoms with Gasteiger partial charge in [-0.3, -0.25) is 0 Å². The molecular formula is C11H7N5. The van der Waals surface area contributed by atoms with E-state index in [4.69, 9.17) is 6.42 Å². The van der Waals surface area contributed by atoms with Gasteiger partial charge in [0.1, 0.15) is 5.69 Å². The number of H-pyrrole nitrogens is 1. The van der Waals surface area contributed by atoms with E-state index in [1.165, 1.54) is 4.68 Å². The molecule has 0 aliphatic carbocycles. The summed E-state index contributed by atoms with van der Waals surface area (Å²) in [6.45, 7) is 0. The summed E-state index contributed by atoms with van der Waals surface area (Å²) < 4.78 is 1.50. The van der Waals surface area contributed by atoms with E-state index in [0.29, 0.717) is 0 Å². The Bertz CT molecular complexity index is 672. The highest BCUT2D eigenvalue weighted by atomic mass is 15.3. The number of aromatic nitrogens is 5. The number of rotatable bonds is 1. The maximum absolute atomic E-state index is 5.32. The molecule has 5 nitrogen and oxygen atoms in total. The number of nitrogens with zero attached hydrogens (tertiary/aromatic N) is 4. The van der Waals surface area contributed by atoms with Crippen LogP contribution in [0, 0.1) is 12.5 Å². The van der Waals surface area contributed by atoms with Crippen molar-refractivity contribution in [3.63, 3.8) is 0 Å². The first-order chi connectivity index (χ1) is 7.88. The molecule has 1 N–H and O–H groups in total. The zero-order valence-electron chi connectivity index (χ0n) is 8.25. The van der Waals surface area contributed by atoms with Crippen LogP contribution in [0.5, 0.6) is 0 Å². The largest absolute Gasteiger partial charge is 0.197 e. The average Bonchev–Trinajstić information content (AvgIpc) is 2.97. The Labute approximate surface area is 91.1 Å². The van der Waals surface area contributed by atoms with Gasteiger partial charge in [-0.25, -0.2) is 0 Å². The zero-order valence-corrected chi connectivity index (χ0v) is 8.25. The van der Waals surface area contributed by atoms with Gasteiger partial charge in [0.2, 0.25) is 0 Å². The van der Waals surface area contributed by atoms with Crippen molar-refractivity contribution in [1.29, 1.82) is 0 Å². The van der Waals surface area contributed by atoms with Gasteiger partial charge in [0.15, 0.2) is 0 Å². The molecule has 0 fully saturated rings. The monoisotopic (exact) mass is 209 g/mol. The van der Waals surface area contributed by atoms with Crippen LogP contribution in [-0.2, 0) is 0 Å². The van der Waals surface area contributed by atoms with Gasteiger partial charge in [-0.05, 0) is 12.1 Å². The molecule has 5 heteroatoms. The number of hydrogen-bond donors (Lipinski definition) is 1. The number of nitrogens with one attached hydrogen (secondary N) is 1. The fraction of sp³-hybridized carbons (Fsp3) is 0. The van der Waals surface area contributed by atoms with Crippen molar-refractivity contribution in [2.45, 2.75) is 0 Å². The lowest BCUT2D eigenvalue weighted by Crippen LogP contribution is -1.88. The normalized spacial score (nSPS) is 10.4. The molecule has 0 aliphatic heterocycles. The van der Waals surface area contributed by atoms with Crippen LogP contribution >= 0.6 is 0 Å². The van der Waals surface area contributed by atoms with Crippen LogP contribution in [-0.4, -0.2) is 25.2 Å². The summed E-state index contributed by atoms with van der Waals surface area (Å²) in [4.78, 5) is 0. The average molecular weight is 209 g/mol. The molecule has 3 aromatic rings. The van der Waals surface area contributed by atoms with Crippen LogP contribution < -0.4 is 0 Å². The number of hydrogen-bond acceptors (Lipinski definition) is 3. The minimum Gasteiger partial charge on any atom is -0.197 e. The quantitative estimate of drug-likeness (QED) is 0.614. The second kappa shape index (κ2) is 3.21. The fourth-order valence-electron chi connectivity index (χ4n) is 1.64. The number of fused-ring (bicyclic) bond motifs is 1. The van der Waals surface area contributed by atoms with Gasteiger partial charge in [-0.1, -0.05) is 12.5 Å². The molecule has 0 amide bonds. The smallest absolute Gasteiger partial charge is 0.112 e. The topological polar surface area (TPSA) is 59.4 Å². The third-order valence-electron chi connectivity index (χ3n) is 2.40. The molecule has 0 bridgehead atoms. The summed E-state index contributed by atoms with van der Waals surface area (Å²) in [7, 11) is 0. The lowest BCUT2D eigenvalue weighted by molar-refractivity contribution is 0.942. The Hall–Kier alpha value is -2.61. The first-order valence-electron chi connectivity index (χ1n) is 4.69. The maximum Gasteiger partial charge on any atom is 0.112 e. The Morgan fingerprint density at radius 3 is 3.00 bits per heavy atom. The van der Waals surface area contributed by atoms with Crippen LogP contribution in [0.3, 0.4) is 0 Å². The highest BCUT2D eigenvalue weighted by molar-refractivity contribution is 5.84. The number of benzene rings is 1. The van der Waals surface area contributed by atoms with Crippen LogP contribution in [0.4, 0.5) is 0 Å². The molecule has 0 saturated carbocycles. The van der Waals surface area contributed by atoms with Crippen molar-refractivity contribution in [3.05, 3.63) is 30.6 Å². The molecule has 3 rings (SSSR count). The Morgan fingerprint density at radius 1 is 1.31 bits per heavy atom. The molecule has 2 heterocycles. The molecule has 76 valence electrons. The van der Waals surface area contributed by atoms with Crippen molar-refractivity contribution in [3.8, 4) is 23.7 Å². The summed E-state index contributed by atoms with van der Waals surface area (Å²) >= 11 is 0. The lowest BCUT2D eigenvalue weighted by atomic mass is 10.1. The zero-order chi connectivity index (χ0) is 11.0. The minimum atomic E-state index is 0.801. The second-order valence-electron chi connectivity index (χ2n) is 3.31. The molecule has 0 spiro atoms. The summed E-state index contributed by atoms with van der Waals surface area (Å²) in [5.41, 5.74) is 2.70. The Kier molecular flexibility index (Phi) is 1.74. The maximum atomic E-state index is 5.32. The third-order valence-corrected chi connectivity index (χ3v) is 2.40. The molecular weight excluding hydrogens is 202 g/mol. The Morgan fingerprint density at radius 2 is 2.25 bits per heavy atom. The van der Waals surface area contributed by atoms with E-state index >= 15 is 0 Å². The van der Waals surface area contributed by atoms with Gasteiger partial charge in [-0.15, -0.1) is 0 Å². The molecule has 2 aromatic heterocycles. The first kappa shape index (κ1) is 8.68. The van der Waals surface area contributed by atoms with Crippen molar-refractivity contribution in [2.24, 2.45) is 0 Å². The number of terminal acetylenes is 1. The van der Waals surface area contributed by atoms with Gasteiger partial charge in [-0.2, -0.15) is 25.2 Å². The standard InChI is InChI=1S/C11H7N5/c1-2-16-11-4-3-8(5-9(11)6-13-16)10-7-12-15-14-10/h1,3-7H,(H,12,14,15). The molecule has 0 unspecified atom stereocenters. The van der Waals surface area contributed by atoms with Gasteiger partial charge in [0.25, 0.3) is 0 Å². The van der Waals surface area contributed by atoms with Crippen LogP contribution in [0.2, 0.25) is 0 Å². The number of aromatic amines is 1. The third kappa shape index (κ3) is 1.17. The molecule has 0 radical (unpaired) electrons. The highest BCUT2D eigenvalue weighted by Crippen LogP contribution is 2.21. The van der Waals surface area contributed by atoms with Crippen LogP contribution in [0.1, 0.15) is 0 Å². The SMILES string of the molecule is C#Cn1ncc2cc(-c3cn[nH]n3)ccc21. The second-order valence-corrected chi connectivity index (χ2v) is 3.31. The molecule has 16 heavy (non-hydrogen) atoms. The molecule has 0 saturated heterocycles. The molecule has 0 aliphatic rings. The van der Waals surface area contributed by atoms with Crippen molar-refractivity contribution in [2.75, 3.05) is 0 Å². The van der Waals surface area contributed by atoms with E-state index in [9.17, 15) is 0 Å². The summed E-state index contributed by atoms with van der Waals surface area (Å²) in [5, 5.41) is 15.4. The van der Waals surface area contributed by atoms with Gasteiger partial charge in [0, 0.05) is 17.0 Å². The molecule has 1 aromatic carbocycles. The van der Waals surface area contributed by atoms with Crippen molar-refractivity contribution >= 4 is 10.9 Å². The van der Waals surface area contributed by atoms with E-state index < -0.39 is 0 Å². The van der Waals surface area contributed by atoms with Gasteiger partial charge in [0.05, 0.1) is 17.9 Å². The van der Waals surface area contributed by atoms with Gasteiger partial charge >= 0.3 is 0 Å². The predicted molar refractivity (Wildman–Crippen MR) is 59.3 cm³/mol. The highest BCUT2D eigenvalue weighted by Gasteiger charge is 2.05. The summed E-state index contributed by atoms with van der Waals surface area (Å²) in [5.74, 6) is 0.